The molecule has 1 amide bonds. The van der Waals surface area contributed by atoms with Crippen LogP contribution in [0.15, 0.2) is 42.7 Å². The van der Waals surface area contributed by atoms with E-state index in [-0.39, 0.29) is 37.1 Å². The van der Waals surface area contributed by atoms with Gasteiger partial charge >= 0.3 is 0 Å². The summed E-state index contributed by atoms with van der Waals surface area (Å²) in [6.07, 6.45) is 3.37. The number of fused-ring (bicyclic) bond motifs is 1. The SMILES string of the molecule is COc1cc(C(=O)N2CCS(=O)(=O)CC2)ccc1Nc1nccc(-c2cnc3c(c2)C(C)(CO)CN3)n1. The molecule has 0 aliphatic carbocycles. The lowest BCUT2D eigenvalue weighted by molar-refractivity contribution is 0.0770. The zero-order chi connectivity index (χ0) is 26.2. The molecule has 1 saturated heterocycles. The molecule has 0 saturated carbocycles. The Balaban J connectivity index is 1.36. The molecule has 12 heteroatoms. The molecule has 0 bridgehead atoms. The zero-order valence-electron chi connectivity index (χ0n) is 20.6. The number of methoxy groups -OCH3 is 1. The number of carbonyl (C=O) groups excluding carboxylic acids is 1. The molecule has 0 radical (unpaired) electrons. The van der Waals surface area contributed by atoms with Crippen molar-refractivity contribution in [2.24, 2.45) is 0 Å². The van der Waals surface area contributed by atoms with Crippen molar-refractivity contribution in [1.82, 2.24) is 19.9 Å². The lowest BCUT2D eigenvalue weighted by Crippen LogP contribution is -2.43. The molecule has 2 aliphatic rings. The van der Waals surface area contributed by atoms with Gasteiger partial charge in [-0.1, -0.05) is 6.92 Å². The van der Waals surface area contributed by atoms with Gasteiger partial charge in [0.25, 0.3) is 5.91 Å². The number of carbonyl (C=O) groups is 1. The summed E-state index contributed by atoms with van der Waals surface area (Å²) in [5, 5.41) is 16.3. The van der Waals surface area contributed by atoms with Crippen molar-refractivity contribution in [2.45, 2.75) is 12.3 Å². The number of amides is 1. The van der Waals surface area contributed by atoms with E-state index >= 15 is 0 Å². The van der Waals surface area contributed by atoms with Gasteiger partial charge in [0, 0.05) is 54.1 Å². The molecular formula is C25H28N6O5S. The Hall–Kier alpha value is -3.77. The van der Waals surface area contributed by atoms with Crippen molar-refractivity contribution in [2.75, 3.05) is 55.5 Å². The standard InChI is InChI=1S/C25H28N6O5S/c1-25(15-32)14-28-22-18(25)11-17(13-27-22)19-5-6-26-24(29-19)30-20-4-3-16(12-21(20)36-2)23(33)31-7-9-37(34,35)10-8-31/h3-6,11-13,32H,7-10,14-15H2,1-2H3,(H,27,28)(H,26,29,30). The summed E-state index contributed by atoms with van der Waals surface area (Å²) in [4.78, 5) is 27.9. The van der Waals surface area contributed by atoms with Crippen molar-refractivity contribution >= 4 is 33.2 Å². The van der Waals surface area contributed by atoms with Crippen LogP contribution < -0.4 is 15.4 Å². The van der Waals surface area contributed by atoms with Gasteiger partial charge in [0.05, 0.1) is 36.6 Å². The summed E-state index contributed by atoms with van der Waals surface area (Å²) in [5.41, 5.74) is 2.95. The molecule has 0 spiro atoms. The molecule has 1 atom stereocenters. The van der Waals surface area contributed by atoms with E-state index in [4.69, 9.17) is 4.74 Å². The molecule has 1 aromatic carbocycles. The lowest BCUT2D eigenvalue weighted by Gasteiger charge is -2.27. The molecule has 2 aromatic heterocycles. The maximum Gasteiger partial charge on any atom is 0.254 e. The second-order valence-corrected chi connectivity index (χ2v) is 11.7. The Morgan fingerprint density at radius 2 is 2.00 bits per heavy atom. The predicted octanol–water partition coefficient (Wildman–Crippen LogP) is 1.84. The number of pyridine rings is 1. The smallest absolute Gasteiger partial charge is 0.254 e. The number of nitrogens with zero attached hydrogens (tertiary/aromatic N) is 4. The third kappa shape index (κ3) is 4.94. The van der Waals surface area contributed by atoms with E-state index in [1.807, 2.05) is 13.0 Å². The van der Waals surface area contributed by atoms with E-state index < -0.39 is 15.3 Å². The number of aromatic nitrogens is 3. The molecule has 4 heterocycles. The largest absolute Gasteiger partial charge is 0.495 e. The molecule has 1 fully saturated rings. The van der Waals surface area contributed by atoms with E-state index in [0.717, 1.165) is 16.9 Å². The monoisotopic (exact) mass is 524 g/mol. The second-order valence-electron chi connectivity index (χ2n) is 9.44. The molecular weight excluding hydrogens is 496 g/mol. The molecule has 11 nitrogen and oxygen atoms in total. The van der Waals surface area contributed by atoms with Crippen molar-refractivity contribution < 1.29 is 23.1 Å². The quantitative estimate of drug-likeness (QED) is 0.436. The number of hydrogen-bond acceptors (Lipinski definition) is 10. The number of sulfone groups is 1. The summed E-state index contributed by atoms with van der Waals surface area (Å²) in [5.74, 6) is 1.22. The first-order valence-corrected chi connectivity index (χ1v) is 13.7. The van der Waals surface area contributed by atoms with E-state index in [0.29, 0.717) is 35.2 Å². The van der Waals surface area contributed by atoms with Gasteiger partial charge in [0.1, 0.15) is 11.6 Å². The second kappa shape index (κ2) is 9.60. The first-order chi connectivity index (χ1) is 17.7. The van der Waals surface area contributed by atoms with Crippen LogP contribution in [0.4, 0.5) is 17.5 Å². The Labute approximate surface area is 214 Å². The molecule has 3 N–H and O–H groups in total. The number of benzene rings is 1. The van der Waals surface area contributed by atoms with Gasteiger partial charge in [-0.3, -0.25) is 4.79 Å². The number of aliphatic hydroxyl groups is 1. The van der Waals surface area contributed by atoms with Crippen LogP contribution in [0.5, 0.6) is 5.75 Å². The van der Waals surface area contributed by atoms with Gasteiger partial charge in [0.2, 0.25) is 5.95 Å². The van der Waals surface area contributed by atoms with E-state index in [1.54, 1.807) is 36.7 Å². The minimum Gasteiger partial charge on any atom is -0.495 e. The number of rotatable bonds is 6. The van der Waals surface area contributed by atoms with Crippen molar-refractivity contribution in [3.05, 3.63) is 53.9 Å². The molecule has 1 unspecified atom stereocenters. The average Bonchev–Trinajstić information content (AvgIpc) is 3.25. The minimum absolute atomic E-state index is 0.00383. The first-order valence-electron chi connectivity index (χ1n) is 11.8. The van der Waals surface area contributed by atoms with Gasteiger partial charge in [-0.25, -0.2) is 23.4 Å². The molecule has 2 aliphatic heterocycles. The Kier molecular flexibility index (Phi) is 6.46. The average molecular weight is 525 g/mol. The third-order valence-electron chi connectivity index (χ3n) is 6.81. The van der Waals surface area contributed by atoms with Crippen LogP contribution in [0.3, 0.4) is 0 Å². The number of anilines is 3. The number of aliphatic hydroxyl groups excluding tert-OH is 1. The highest BCUT2D eigenvalue weighted by molar-refractivity contribution is 7.91. The minimum atomic E-state index is -3.08. The van der Waals surface area contributed by atoms with Crippen LogP contribution in [0, 0.1) is 0 Å². The Morgan fingerprint density at radius 1 is 1.22 bits per heavy atom. The summed E-state index contributed by atoms with van der Waals surface area (Å²) < 4.78 is 28.9. The third-order valence-corrected chi connectivity index (χ3v) is 8.42. The molecule has 5 rings (SSSR count). The van der Waals surface area contributed by atoms with E-state index in [1.165, 1.54) is 12.0 Å². The number of nitrogens with one attached hydrogen (secondary N) is 2. The maximum absolute atomic E-state index is 12.9. The van der Waals surface area contributed by atoms with Crippen LogP contribution in [0.2, 0.25) is 0 Å². The van der Waals surface area contributed by atoms with Gasteiger partial charge in [0.15, 0.2) is 9.84 Å². The van der Waals surface area contributed by atoms with Gasteiger partial charge < -0.3 is 25.4 Å². The summed E-state index contributed by atoms with van der Waals surface area (Å²) in [7, 11) is -1.58. The zero-order valence-corrected chi connectivity index (χ0v) is 21.4. The van der Waals surface area contributed by atoms with Crippen molar-refractivity contribution in [1.29, 1.82) is 0 Å². The van der Waals surface area contributed by atoms with E-state index in [9.17, 15) is 18.3 Å². The topological polar surface area (TPSA) is 147 Å². The predicted molar refractivity (Wildman–Crippen MR) is 139 cm³/mol. The highest BCUT2D eigenvalue weighted by Gasteiger charge is 2.35. The highest BCUT2D eigenvalue weighted by Crippen LogP contribution is 2.37. The molecule has 37 heavy (non-hydrogen) atoms. The van der Waals surface area contributed by atoms with Crippen LogP contribution in [-0.2, 0) is 15.3 Å². The van der Waals surface area contributed by atoms with Gasteiger partial charge in [-0.05, 0) is 30.3 Å². The number of ether oxygens (including phenoxy) is 1. The van der Waals surface area contributed by atoms with Crippen LogP contribution in [0.1, 0.15) is 22.8 Å². The first kappa shape index (κ1) is 24.9. The fourth-order valence-electron chi connectivity index (χ4n) is 4.45. The maximum atomic E-state index is 12.9. The Morgan fingerprint density at radius 3 is 2.73 bits per heavy atom. The van der Waals surface area contributed by atoms with Crippen LogP contribution in [0.25, 0.3) is 11.3 Å². The Bertz CT molecular complexity index is 1450. The molecule has 3 aromatic rings. The normalized spacial score (nSPS) is 20.1. The van der Waals surface area contributed by atoms with E-state index in [2.05, 4.69) is 25.6 Å². The summed E-state index contributed by atoms with van der Waals surface area (Å²) in [6.45, 7) is 2.95. The van der Waals surface area contributed by atoms with Crippen molar-refractivity contribution in [3.8, 4) is 17.0 Å². The molecule has 194 valence electrons. The van der Waals surface area contributed by atoms with Crippen LogP contribution in [-0.4, -0.2) is 84.1 Å². The lowest BCUT2D eigenvalue weighted by atomic mass is 9.85. The van der Waals surface area contributed by atoms with Gasteiger partial charge in [-0.2, -0.15) is 0 Å². The van der Waals surface area contributed by atoms with Crippen LogP contribution >= 0.6 is 0 Å². The van der Waals surface area contributed by atoms with Gasteiger partial charge in [-0.15, -0.1) is 0 Å². The number of hydrogen-bond donors (Lipinski definition) is 3. The van der Waals surface area contributed by atoms with Crippen molar-refractivity contribution in [3.63, 3.8) is 0 Å². The fourth-order valence-corrected chi connectivity index (χ4v) is 5.65. The summed E-state index contributed by atoms with van der Waals surface area (Å²) in [6, 6.07) is 8.75. The fraction of sp³-hybridized carbons (Fsp3) is 0.360. The highest BCUT2D eigenvalue weighted by atomic mass is 32.2. The summed E-state index contributed by atoms with van der Waals surface area (Å²) >= 11 is 0.